The molecule has 96 valence electrons. The normalized spacial score (nSPS) is 20.0. The van der Waals surface area contributed by atoms with Crippen molar-refractivity contribution in [3.8, 4) is 0 Å². The van der Waals surface area contributed by atoms with Crippen molar-refractivity contribution in [2.24, 2.45) is 0 Å². The Balaban J connectivity index is 1.95. The second kappa shape index (κ2) is 6.17. The monoisotopic (exact) mass is 237 g/mol. The lowest BCUT2D eigenvalue weighted by molar-refractivity contribution is 0.0957. The molecule has 1 aliphatic rings. The van der Waals surface area contributed by atoms with E-state index in [1.54, 1.807) is 0 Å². The van der Waals surface area contributed by atoms with Crippen LogP contribution in [0.5, 0.6) is 0 Å². The SMILES string of the molecule is CCCNCc1cnc(C)n1CC1CCCO1. The molecule has 1 fully saturated rings. The number of hydrogen-bond acceptors (Lipinski definition) is 3. The van der Waals surface area contributed by atoms with E-state index in [-0.39, 0.29) is 0 Å². The van der Waals surface area contributed by atoms with E-state index in [9.17, 15) is 0 Å². The Kier molecular flexibility index (Phi) is 4.57. The Hall–Kier alpha value is -0.870. The number of aromatic nitrogens is 2. The zero-order valence-electron chi connectivity index (χ0n) is 10.9. The van der Waals surface area contributed by atoms with Crippen LogP contribution in [0.1, 0.15) is 37.7 Å². The highest BCUT2D eigenvalue weighted by molar-refractivity contribution is 5.04. The third-order valence-corrected chi connectivity index (χ3v) is 3.28. The molecule has 0 bridgehead atoms. The molecule has 1 aliphatic heterocycles. The molecule has 2 rings (SSSR count). The molecule has 0 aromatic carbocycles. The van der Waals surface area contributed by atoms with E-state index in [0.717, 1.165) is 32.1 Å². The topological polar surface area (TPSA) is 39.1 Å². The quantitative estimate of drug-likeness (QED) is 0.768. The van der Waals surface area contributed by atoms with Crippen LogP contribution in [0.4, 0.5) is 0 Å². The molecule has 0 amide bonds. The fourth-order valence-corrected chi connectivity index (χ4v) is 2.29. The van der Waals surface area contributed by atoms with Crippen molar-refractivity contribution in [3.05, 3.63) is 17.7 Å². The first kappa shape index (κ1) is 12.6. The van der Waals surface area contributed by atoms with Gasteiger partial charge in [0.2, 0.25) is 0 Å². The molecule has 4 nitrogen and oxygen atoms in total. The lowest BCUT2D eigenvalue weighted by Gasteiger charge is -2.15. The van der Waals surface area contributed by atoms with Crippen LogP contribution < -0.4 is 5.32 Å². The summed E-state index contributed by atoms with van der Waals surface area (Å²) in [5.74, 6) is 1.09. The van der Waals surface area contributed by atoms with Crippen molar-refractivity contribution in [2.75, 3.05) is 13.2 Å². The van der Waals surface area contributed by atoms with E-state index < -0.39 is 0 Å². The van der Waals surface area contributed by atoms with Gasteiger partial charge in [-0.1, -0.05) is 6.92 Å². The van der Waals surface area contributed by atoms with E-state index >= 15 is 0 Å². The average Bonchev–Trinajstić information content (AvgIpc) is 2.94. The summed E-state index contributed by atoms with van der Waals surface area (Å²) in [6.45, 7) is 8.09. The first-order valence-electron chi connectivity index (χ1n) is 6.64. The summed E-state index contributed by atoms with van der Waals surface area (Å²) in [6, 6.07) is 0. The maximum absolute atomic E-state index is 5.69. The van der Waals surface area contributed by atoms with E-state index in [2.05, 4.69) is 28.7 Å². The molecule has 1 aromatic rings. The van der Waals surface area contributed by atoms with Crippen molar-refractivity contribution in [2.45, 2.75) is 52.3 Å². The molecule has 17 heavy (non-hydrogen) atoms. The third kappa shape index (κ3) is 3.30. The summed E-state index contributed by atoms with van der Waals surface area (Å²) in [5, 5.41) is 3.43. The van der Waals surface area contributed by atoms with Gasteiger partial charge in [-0.25, -0.2) is 4.98 Å². The van der Waals surface area contributed by atoms with Crippen LogP contribution in [-0.4, -0.2) is 28.8 Å². The minimum Gasteiger partial charge on any atom is -0.376 e. The van der Waals surface area contributed by atoms with Crippen molar-refractivity contribution in [1.82, 2.24) is 14.9 Å². The van der Waals surface area contributed by atoms with Gasteiger partial charge >= 0.3 is 0 Å². The van der Waals surface area contributed by atoms with Gasteiger partial charge < -0.3 is 14.6 Å². The summed E-state index contributed by atoms with van der Waals surface area (Å²) in [4.78, 5) is 4.40. The molecule has 0 spiro atoms. The third-order valence-electron chi connectivity index (χ3n) is 3.28. The van der Waals surface area contributed by atoms with Gasteiger partial charge in [0.05, 0.1) is 18.3 Å². The van der Waals surface area contributed by atoms with Crippen molar-refractivity contribution >= 4 is 0 Å². The molecule has 2 heterocycles. The van der Waals surface area contributed by atoms with Crippen LogP contribution >= 0.6 is 0 Å². The highest BCUT2D eigenvalue weighted by Gasteiger charge is 2.18. The number of ether oxygens (including phenoxy) is 1. The van der Waals surface area contributed by atoms with Gasteiger partial charge in [-0.15, -0.1) is 0 Å². The summed E-state index contributed by atoms with van der Waals surface area (Å²) in [7, 11) is 0. The molecule has 0 aliphatic carbocycles. The van der Waals surface area contributed by atoms with E-state index in [4.69, 9.17) is 4.74 Å². The Bertz CT molecular complexity index is 342. The fourth-order valence-electron chi connectivity index (χ4n) is 2.29. The summed E-state index contributed by atoms with van der Waals surface area (Å²) >= 11 is 0. The predicted octanol–water partition coefficient (Wildman–Crippen LogP) is 1.87. The molecule has 1 saturated heterocycles. The van der Waals surface area contributed by atoms with E-state index in [0.29, 0.717) is 6.10 Å². The fraction of sp³-hybridized carbons (Fsp3) is 0.769. The maximum atomic E-state index is 5.69. The van der Waals surface area contributed by atoms with Gasteiger partial charge in [-0.2, -0.15) is 0 Å². The highest BCUT2D eigenvalue weighted by atomic mass is 16.5. The molecule has 4 heteroatoms. The van der Waals surface area contributed by atoms with Crippen LogP contribution in [0.3, 0.4) is 0 Å². The van der Waals surface area contributed by atoms with Crippen LogP contribution in [0.2, 0.25) is 0 Å². The number of rotatable bonds is 6. The van der Waals surface area contributed by atoms with Crippen molar-refractivity contribution in [1.29, 1.82) is 0 Å². The number of hydrogen-bond donors (Lipinski definition) is 1. The van der Waals surface area contributed by atoms with Crippen LogP contribution in [-0.2, 0) is 17.8 Å². The van der Waals surface area contributed by atoms with E-state index in [1.165, 1.54) is 25.0 Å². The van der Waals surface area contributed by atoms with E-state index in [1.807, 2.05) is 6.20 Å². The van der Waals surface area contributed by atoms with Crippen LogP contribution in [0.15, 0.2) is 6.20 Å². The summed E-state index contributed by atoms with van der Waals surface area (Å²) in [6.07, 6.45) is 5.90. The molecule has 0 radical (unpaired) electrons. The number of nitrogens with zero attached hydrogens (tertiary/aromatic N) is 2. The zero-order chi connectivity index (χ0) is 12.1. The van der Waals surface area contributed by atoms with Crippen molar-refractivity contribution in [3.63, 3.8) is 0 Å². The first-order valence-corrected chi connectivity index (χ1v) is 6.64. The van der Waals surface area contributed by atoms with Crippen molar-refractivity contribution < 1.29 is 4.74 Å². The Morgan fingerprint density at radius 1 is 1.59 bits per heavy atom. The van der Waals surface area contributed by atoms with Gasteiger partial charge in [0, 0.05) is 19.3 Å². The average molecular weight is 237 g/mol. The van der Waals surface area contributed by atoms with Crippen LogP contribution in [0, 0.1) is 6.92 Å². The lowest BCUT2D eigenvalue weighted by Crippen LogP contribution is -2.21. The number of imidazole rings is 1. The summed E-state index contributed by atoms with van der Waals surface area (Å²) in [5.41, 5.74) is 1.27. The second-order valence-corrected chi connectivity index (χ2v) is 4.72. The Morgan fingerprint density at radius 3 is 3.18 bits per heavy atom. The first-order chi connectivity index (χ1) is 8.31. The molecule has 1 aromatic heterocycles. The minimum atomic E-state index is 0.382. The number of nitrogens with one attached hydrogen (secondary N) is 1. The molecular formula is C13H23N3O. The Labute approximate surface area is 103 Å². The van der Waals surface area contributed by atoms with Gasteiger partial charge in [0.15, 0.2) is 0 Å². The summed E-state index contributed by atoms with van der Waals surface area (Å²) < 4.78 is 7.98. The highest BCUT2D eigenvalue weighted by Crippen LogP contribution is 2.16. The molecule has 1 atom stereocenters. The van der Waals surface area contributed by atoms with Crippen LogP contribution in [0.25, 0.3) is 0 Å². The number of aryl methyl sites for hydroxylation is 1. The second-order valence-electron chi connectivity index (χ2n) is 4.72. The van der Waals surface area contributed by atoms with Gasteiger partial charge in [-0.05, 0) is 32.7 Å². The van der Waals surface area contributed by atoms with Gasteiger partial charge in [0.25, 0.3) is 0 Å². The van der Waals surface area contributed by atoms with Gasteiger partial charge in [0.1, 0.15) is 5.82 Å². The molecule has 1 unspecified atom stereocenters. The standard InChI is InChI=1S/C13H23N3O/c1-3-6-14-8-12-9-15-11(2)16(12)10-13-5-4-7-17-13/h9,13-14H,3-8,10H2,1-2H3. The molecule has 1 N–H and O–H groups in total. The predicted molar refractivity (Wildman–Crippen MR) is 67.9 cm³/mol. The largest absolute Gasteiger partial charge is 0.376 e. The zero-order valence-corrected chi connectivity index (χ0v) is 10.9. The lowest BCUT2D eigenvalue weighted by atomic mass is 10.2. The minimum absolute atomic E-state index is 0.382. The molecule has 0 saturated carbocycles. The smallest absolute Gasteiger partial charge is 0.105 e. The Morgan fingerprint density at radius 2 is 2.47 bits per heavy atom. The molecular weight excluding hydrogens is 214 g/mol. The van der Waals surface area contributed by atoms with Gasteiger partial charge in [-0.3, -0.25) is 0 Å². The maximum Gasteiger partial charge on any atom is 0.105 e.